The summed E-state index contributed by atoms with van der Waals surface area (Å²) in [6.45, 7) is 1.74. The van der Waals surface area contributed by atoms with E-state index >= 15 is 0 Å². The molecule has 11 heteroatoms. The lowest BCUT2D eigenvalue weighted by Crippen LogP contribution is -2.25. The number of nitrogens with zero attached hydrogens (tertiary/aromatic N) is 3. The Morgan fingerprint density at radius 1 is 1.35 bits per heavy atom. The number of rotatable bonds is 6. The van der Waals surface area contributed by atoms with Gasteiger partial charge >= 0.3 is 6.01 Å². The summed E-state index contributed by atoms with van der Waals surface area (Å²) >= 11 is 0. The second-order valence-electron chi connectivity index (χ2n) is 5.68. The lowest BCUT2D eigenvalue weighted by Gasteiger charge is -2.10. The highest BCUT2D eigenvalue weighted by Gasteiger charge is 2.17. The molecule has 26 heavy (non-hydrogen) atoms. The summed E-state index contributed by atoms with van der Waals surface area (Å²) in [5.74, 6) is -1.44. The van der Waals surface area contributed by atoms with Crippen molar-refractivity contribution in [1.82, 2.24) is 20.2 Å². The van der Waals surface area contributed by atoms with Gasteiger partial charge in [-0.15, -0.1) is 0 Å². The van der Waals surface area contributed by atoms with Crippen LogP contribution in [0, 0.1) is 11.6 Å². The number of sulfone groups is 1. The SMILES string of the molecule is C[C@H](CNc1n[nH]c2nc(Oc3ccc(F)cc3F)ncc12)S(C)(=O)=O. The fourth-order valence-corrected chi connectivity index (χ4v) is 2.41. The third-order valence-electron chi connectivity index (χ3n) is 3.68. The van der Waals surface area contributed by atoms with E-state index < -0.39 is 26.7 Å². The largest absolute Gasteiger partial charge is 0.421 e. The van der Waals surface area contributed by atoms with E-state index in [1.54, 1.807) is 6.92 Å². The predicted molar refractivity (Wildman–Crippen MR) is 90.9 cm³/mol. The molecule has 0 saturated carbocycles. The van der Waals surface area contributed by atoms with E-state index in [1.807, 2.05) is 0 Å². The highest BCUT2D eigenvalue weighted by Crippen LogP contribution is 2.25. The maximum Gasteiger partial charge on any atom is 0.324 e. The predicted octanol–water partition coefficient (Wildman–Crippen LogP) is 2.27. The molecule has 0 aliphatic carbocycles. The summed E-state index contributed by atoms with van der Waals surface area (Å²) in [6.07, 6.45) is 2.55. The van der Waals surface area contributed by atoms with Gasteiger partial charge in [0.2, 0.25) is 0 Å². The molecule has 1 atom stereocenters. The van der Waals surface area contributed by atoms with E-state index in [2.05, 4.69) is 25.5 Å². The van der Waals surface area contributed by atoms with Gasteiger partial charge in [0.15, 0.2) is 32.9 Å². The van der Waals surface area contributed by atoms with Crippen LogP contribution in [0.15, 0.2) is 24.4 Å². The van der Waals surface area contributed by atoms with Gasteiger partial charge in [-0.05, 0) is 19.1 Å². The Bertz CT molecular complexity index is 1050. The number of hydrogen-bond donors (Lipinski definition) is 2. The molecule has 3 aromatic rings. The third kappa shape index (κ3) is 3.87. The zero-order valence-electron chi connectivity index (χ0n) is 13.8. The fraction of sp³-hybridized carbons (Fsp3) is 0.267. The van der Waals surface area contributed by atoms with Gasteiger partial charge < -0.3 is 10.1 Å². The number of benzene rings is 1. The van der Waals surface area contributed by atoms with Gasteiger partial charge in [0.05, 0.1) is 10.6 Å². The average Bonchev–Trinajstić information content (AvgIpc) is 2.96. The molecule has 1 aromatic carbocycles. The van der Waals surface area contributed by atoms with Gasteiger partial charge in [-0.3, -0.25) is 5.10 Å². The molecule has 2 N–H and O–H groups in total. The first kappa shape index (κ1) is 18.0. The van der Waals surface area contributed by atoms with Crippen molar-refractivity contribution in [2.45, 2.75) is 12.2 Å². The summed E-state index contributed by atoms with van der Waals surface area (Å²) in [5.41, 5.74) is 0.312. The topological polar surface area (TPSA) is 110 Å². The standard InChI is InChI=1S/C15H15F2N5O3S/c1-8(26(2,23)24)6-18-13-10-7-19-15(20-14(10)22-21-13)25-12-4-3-9(16)5-11(12)17/h3-5,7-8H,6H2,1-2H3,(H2,18,19,20,21,22)/t8-/m1/s1. The maximum atomic E-state index is 13.6. The third-order valence-corrected chi connectivity index (χ3v) is 5.31. The summed E-state index contributed by atoms with van der Waals surface area (Å²) in [5, 5.41) is 9.50. The number of halogens is 2. The maximum absolute atomic E-state index is 13.6. The van der Waals surface area contributed by atoms with Gasteiger partial charge in [0, 0.05) is 25.1 Å². The minimum Gasteiger partial charge on any atom is -0.421 e. The Labute approximate surface area is 147 Å². The van der Waals surface area contributed by atoms with Crippen LogP contribution < -0.4 is 10.1 Å². The normalized spacial score (nSPS) is 12.9. The van der Waals surface area contributed by atoms with E-state index in [9.17, 15) is 17.2 Å². The van der Waals surface area contributed by atoms with Crippen LogP contribution in [-0.2, 0) is 9.84 Å². The van der Waals surface area contributed by atoms with Crippen LogP contribution in [-0.4, -0.2) is 46.6 Å². The highest BCUT2D eigenvalue weighted by atomic mass is 32.2. The fourth-order valence-electron chi connectivity index (χ4n) is 2.03. The molecule has 0 saturated heterocycles. The first-order chi connectivity index (χ1) is 12.2. The molecule has 2 aromatic heterocycles. The van der Waals surface area contributed by atoms with Crippen LogP contribution in [0.3, 0.4) is 0 Å². The van der Waals surface area contributed by atoms with Crippen LogP contribution in [0.4, 0.5) is 14.6 Å². The van der Waals surface area contributed by atoms with Crippen molar-refractivity contribution in [3.8, 4) is 11.8 Å². The van der Waals surface area contributed by atoms with Crippen molar-refractivity contribution in [2.24, 2.45) is 0 Å². The molecular formula is C15H15F2N5O3S. The minimum atomic E-state index is -3.17. The van der Waals surface area contributed by atoms with Crippen molar-refractivity contribution in [2.75, 3.05) is 18.1 Å². The van der Waals surface area contributed by atoms with E-state index in [4.69, 9.17) is 4.74 Å². The van der Waals surface area contributed by atoms with E-state index in [-0.39, 0.29) is 18.3 Å². The highest BCUT2D eigenvalue weighted by molar-refractivity contribution is 7.91. The summed E-state index contributed by atoms with van der Waals surface area (Å²) in [4.78, 5) is 8.02. The van der Waals surface area contributed by atoms with Gasteiger partial charge in [-0.1, -0.05) is 0 Å². The lowest BCUT2D eigenvalue weighted by molar-refractivity contribution is 0.409. The molecule has 0 aliphatic rings. The van der Waals surface area contributed by atoms with Crippen LogP contribution in [0.2, 0.25) is 0 Å². The molecule has 0 bridgehead atoms. The quantitative estimate of drug-likeness (QED) is 0.672. The minimum absolute atomic E-state index is 0.150. The number of ether oxygens (including phenoxy) is 1. The summed E-state index contributed by atoms with van der Waals surface area (Å²) < 4.78 is 54.7. The molecular weight excluding hydrogens is 368 g/mol. The number of anilines is 1. The number of hydrogen-bond acceptors (Lipinski definition) is 7. The molecule has 3 rings (SSSR count). The Kier molecular flexibility index (Phi) is 4.72. The second kappa shape index (κ2) is 6.83. The number of H-pyrrole nitrogens is 1. The monoisotopic (exact) mass is 383 g/mol. The molecule has 138 valence electrons. The Balaban J connectivity index is 1.78. The molecule has 0 aliphatic heterocycles. The van der Waals surface area contributed by atoms with Gasteiger partial charge in [-0.25, -0.2) is 22.2 Å². The van der Waals surface area contributed by atoms with Crippen LogP contribution in [0.25, 0.3) is 11.0 Å². The van der Waals surface area contributed by atoms with Gasteiger partial charge in [-0.2, -0.15) is 10.1 Å². The van der Waals surface area contributed by atoms with Gasteiger partial charge in [0.1, 0.15) is 5.82 Å². The van der Waals surface area contributed by atoms with E-state index in [0.29, 0.717) is 22.9 Å². The van der Waals surface area contributed by atoms with E-state index in [1.165, 1.54) is 6.20 Å². The van der Waals surface area contributed by atoms with Crippen molar-refractivity contribution >= 4 is 26.7 Å². The zero-order chi connectivity index (χ0) is 18.9. The van der Waals surface area contributed by atoms with Crippen LogP contribution in [0.1, 0.15) is 6.92 Å². The molecule has 2 heterocycles. The van der Waals surface area contributed by atoms with Gasteiger partial charge in [0.25, 0.3) is 0 Å². The molecule has 0 amide bonds. The number of aromatic nitrogens is 4. The Morgan fingerprint density at radius 3 is 2.81 bits per heavy atom. The van der Waals surface area contributed by atoms with Crippen LogP contribution >= 0.6 is 0 Å². The number of nitrogens with one attached hydrogen (secondary N) is 2. The smallest absolute Gasteiger partial charge is 0.324 e. The first-order valence-electron chi connectivity index (χ1n) is 7.51. The van der Waals surface area contributed by atoms with E-state index in [0.717, 1.165) is 18.4 Å². The van der Waals surface area contributed by atoms with Crippen LogP contribution in [0.5, 0.6) is 11.8 Å². The number of fused-ring (bicyclic) bond motifs is 1. The zero-order valence-corrected chi connectivity index (χ0v) is 14.6. The molecule has 8 nitrogen and oxygen atoms in total. The lowest BCUT2D eigenvalue weighted by atomic mass is 10.3. The Hall–Kier alpha value is -2.82. The molecule has 0 radical (unpaired) electrons. The Morgan fingerprint density at radius 2 is 2.12 bits per heavy atom. The van der Waals surface area contributed by atoms with Crippen molar-refractivity contribution in [3.63, 3.8) is 0 Å². The number of aromatic amines is 1. The van der Waals surface area contributed by atoms with Crippen molar-refractivity contribution in [3.05, 3.63) is 36.0 Å². The van der Waals surface area contributed by atoms with Crippen molar-refractivity contribution in [1.29, 1.82) is 0 Å². The second-order valence-corrected chi connectivity index (χ2v) is 8.15. The average molecular weight is 383 g/mol. The molecule has 0 fully saturated rings. The molecule has 0 unspecified atom stereocenters. The van der Waals surface area contributed by atoms with Crippen molar-refractivity contribution < 1.29 is 21.9 Å². The first-order valence-corrected chi connectivity index (χ1v) is 9.46. The summed E-state index contributed by atoms with van der Waals surface area (Å²) in [6, 6.07) is 2.72. The molecule has 0 spiro atoms. The summed E-state index contributed by atoms with van der Waals surface area (Å²) in [7, 11) is -3.17.